The van der Waals surface area contributed by atoms with Crippen LogP contribution < -0.4 is 5.32 Å². The van der Waals surface area contributed by atoms with E-state index in [0.29, 0.717) is 6.42 Å². The second-order valence-corrected chi connectivity index (χ2v) is 4.07. The molecule has 88 valence electrons. The van der Waals surface area contributed by atoms with Crippen LogP contribution in [0, 0.1) is 0 Å². The van der Waals surface area contributed by atoms with Gasteiger partial charge in [0.25, 0.3) is 0 Å². The van der Waals surface area contributed by atoms with E-state index in [2.05, 4.69) is 12.2 Å². The van der Waals surface area contributed by atoms with Gasteiger partial charge in [0.15, 0.2) is 0 Å². The summed E-state index contributed by atoms with van der Waals surface area (Å²) in [6.45, 7) is 3.67. The van der Waals surface area contributed by atoms with E-state index in [1.807, 2.05) is 0 Å². The summed E-state index contributed by atoms with van der Waals surface area (Å²) in [6, 6.07) is -0.421. The van der Waals surface area contributed by atoms with Crippen LogP contribution in [0.1, 0.15) is 39.0 Å². The largest absolute Gasteiger partial charge is 0.480 e. The van der Waals surface area contributed by atoms with E-state index in [1.54, 1.807) is 0 Å². The van der Waals surface area contributed by atoms with Crippen LogP contribution >= 0.6 is 0 Å². The third-order valence-electron chi connectivity index (χ3n) is 2.76. The van der Waals surface area contributed by atoms with Gasteiger partial charge in [-0.1, -0.05) is 19.8 Å². The van der Waals surface area contributed by atoms with Gasteiger partial charge in [-0.15, -0.1) is 0 Å². The predicted octanol–water partition coefficient (Wildman–Crippen LogP) is 1.40. The third kappa shape index (κ3) is 4.62. The lowest BCUT2D eigenvalue weighted by atomic mass is 10.0. The Balaban J connectivity index is 2.15. The van der Waals surface area contributed by atoms with Crippen LogP contribution in [-0.2, 0) is 9.53 Å². The van der Waals surface area contributed by atoms with Gasteiger partial charge in [0.1, 0.15) is 6.04 Å². The fraction of sp³-hybridized carbons (Fsp3) is 0.909. The molecule has 0 radical (unpaired) electrons. The van der Waals surface area contributed by atoms with Crippen molar-refractivity contribution in [2.45, 2.75) is 51.2 Å². The fourth-order valence-electron chi connectivity index (χ4n) is 1.82. The molecule has 0 spiro atoms. The summed E-state index contributed by atoms with van der Waals surface area (Å²) in [5.41, 5.74) is 0. The van der Waals surface area contributed by atoms with Crippen molar-refractivity contribution in [3.63, 3.8) is 0 Å². The van der Waals surface area contributed by atoms with Crippen molar-refractivity contribution in [1.82, 2.24) is 5.32 Å². The van der Waals surface area contributed by atoms with Crippen molar-refractivity contribution in [3.05, 3.63) is 0 Å². The van der Waals surface area contributed by atoms with Crippen LogP contribution in [0.5, 0.6) is 0 Å². The molecule has 1 fully saturated rings. The first-order chi connectivity index (χ1) is 7.24. The summed E-state index contributed by atoms with van der Waals surface area (Å²) in [6.07, 6.45) is 5.11. The van der Waals surface area contributed by atoms with Crippen molar-refractivity contribution in [1.29, 1.82) is 0 Å². The van der Waals surface area contributed by atoms with Gasteiger partial charge in [0, 0.05) is 6.61 Å². The van der Waals surface area contributed by atoms with Gasteiger partial charge in [-0.2, -0.15) is 0 Å². The Kier molecular flexibility index (Phi) is 5.65. The zero-order chi connectivity index (χ0) is 11.1. The zero-order valence-electron chi connectivity index (χ0n) is 9.37. The Labute approximate surface area is 91.0 Å². The van der Waals surface area contributed by atoms with Gasteiger partial charge >= 0.3 is 5.97 Å². The van der Waals surface area contributed by atoms with Crippen LogP contribution in [0.3, 0.4) is 0 Å². The van der Waals surface area contributed by atoms with Crippen LogP contribution in [0.2, 0.25) is 0 Å². The van der Waals surface area contributed by atoms with Crippen molar-refractivity contribution in [3.8, 4) is 0 Å². The Morgan fingerprint density at radius 3 is 3.00 bits per heavy atom. The summed E-state index contributed by atoms with van der Waals surface area (Å²) in [5, 5.41) is 11.8. The molecule has 0 aromatic heterocycles. The Morgan fingerprint density at radius 1 is 1.53 bits per heavy atom. The standard InChI is InChI=1S/C11H21NO3/c1-2-3-4-7-15-9-5-6-12-10(8-9)11(13)14/h9-10,12H,2-8H2,1H3,(H,13,14). The number of aliphatic carboxylic acids is 1. The number of carbonyl (C=O) groups is 1. The summed E-state index contributed by atoms with van der Waals surface area (Å²) in [5.74, 6) is -0.767. The normalized spacial score (nSPS) is 26.5. The molecule has 1 aliphatic rings. The van der Waals surface area contributed by atoms with Gasteiger partial charge < -0.3 is 15.2 Å². The van der Waals surface area contributed by atoms with E-state index in [-0.39, 0.29) is 6.10 Å². The van der Waals surface area contributed by atoms with Crippen LogP contribution in [0.15, 0.2) is 0 Å². The number of piperidine rings is 1. The highest BCUT2D eigenvalue weighted by Crippen LogP contribution is 2.13. The van der Waals surface area contributed by atoms with E-state index in [0.717, 1.165) is 26.0 Å². The lowest BCUT2D eigenvalue weighted by molar-refractivity contribution is -0.141. The first kappa shape index (κ1) is 12.5. The summed E-state index contributed by atoms with van der Waals surface area (Å²) in [4.78, 5) is 10.8. The van der Waals surface area contributed by atoms with Gasteiger partial charge in [-0.3, -0.25) is 4.79 Å². The zero-order valence-corrected chi connectivity index (χ0v) is 9.37. The Hall–Kier alpha value is -0.610. The Bertz CT molecular complexity index is 196. The minimum absolute atomic E-state index is 0.129. The average Bonchev–Trinajstić information content (AvgIpc) is 2.25. The summed E-state index contributed by atoms with van der Waals surface area (Å²) >= 11 is 0. The molecule has 2 unspecified atom stereocenters. The van der Waals surface area contributed by atoms with Crippen molar-refractivity contribution in [2.75, 3.05) is 13.2 Å². The number of ether oxygens (including phenoxy) is 1. The molecule has 0 bridgehead atoms. The quantitative estimate of drug-likeness (QED) is 0.657. The average molecular weight is 215 g/mol. The minimum atomic E-state index is -0.767. The van der Waals surface area contributed by atoms with E-state index >= 15 is 0 Å². The topological polar surface area (TPSA) is 58.6 Å². The Morgan fingerprint density at radius 2 is 2.33 bits per heavy atom. The van der Waals surface area contributed by atoms with Gasteiger partial charge in [-0.05, 0) is 25.8 Å². The molecule has 0 aromatic rings. The maximum absolute atomic E-state index is 10.8. The molecular formula is C11H21NO3. The fourth-order valence-corrected chi connectivity index (χ4v) is 1.82. The SMILES string of the molecule is CCCCCOC1CCNC(C(=O)O)C1. The highest BCUT2D eigenvalue weighted by atomic mass is 16.5. The smallest absolute Gasteiger partial charge is 0.320 e. The maximum atomic E-state index is 10.8. The number of rotatable bonds is 6. The monoisotopic (exact) mass is 215 g/mol. The minimum Gasteiger partial charge on any atom is -0.480 e. The lowest BCUT2D eigenvalue weighted by Crippen LogP contribution is -2.46. The first-order valence-electron chi connectivity index (χ1n) is 5.81. The molecule has 2 N–H and O–H groups in total. The molecule has 0 saturated carbocycles. The van der Waals surface area contributed by atoms with Crippen molar-refractivity contribution >= 4 is 5.97 Å². The number of hydrogen-bond donors (Lipinski definition) is 2. The van der Waals surface area contributed by atoms with Gasteiger partial charge in [-0.25, -0.2) is 0 Å². The number of carboxylic acid groups (broad SMARTS) is 1. The molecule has 0 aromatic carbocycles. The lowest BCUT2D eigenvalue weighted by Gasteiger charge is -2.27. The second-order valence-electron chi connectivity index (χ2n) is 4.07. The molecule has 1 heterocycles. The number of nitrogens with one attached hydrogen (secondary N) is 1. The number of carboxylic acids is 1. The number of hydrogen-bond acceptors (Lipinski definition) is 3. The molecule has 1 rings (SSSR count). The molecule has 1 saturated heterocycles. The molecular weight excluding hydrogens is 194 g/mol. The molecule has 15 heavy (non-hydrogen) atoms. The highest BCUT2D eigenvalue weighted by Gasteiger charge is 2.26. The maximum Gasteiger partial charge on any atom is 0.320 e. The van der Waals surface area contributed by atoms with Crippen molar-refractivity contribution < 1.29 is 14.6 Å². The van der Waals surface area contributed by atoms with Gasteiger partial charge in [0.2, 0.25) is 0 Å². The van der Waals surface area contributed by atoms with Gasteiger partial charge in [0.05, 0.1) is 6.10 Å². The van der Waals surface area contributed by atoms with E-state index in [1.165, 1.54) is 12.8 Å². The van der Waals surface area contributed by atoms with Crippen LogP contribution in [0.4, 0.5) is 0 Å². The molecule has 0 aliphatic carbocycles. The highest BCUT2D eigenvalue weighted by molar-refractivity contribution is 5.73. The van der Waals surface area contributed by atoms with E-state index < -0.39 is 12.0 Å². The van der Waals surface area contributed by atoms with Crippen LogP contribution in [0.25, 0.3) is 0 Å². The summed E-state index contributed by atoms with van der Waals surface area (Å²) in [7, 11) is 0. The first-order valence-corrected chi connectivity index (χ1v) is 5.81. The summed E-state index contributed by atoms with van der Waals surface area (Å²) < 4.78 is 5.66. The van der Waals surface area contributed by atoms with Crippen LogP contribution in [-0.4, -0.2) is 36.4 Å². The molecule has 2 atom stereocenters. The molecule has 1 aliphatic heterocycles. The van der Waals surface area contributed by atoms with E-state index in [4.69, 9.17) is 9.84 Å². The van der Waals surface area contributed by atoms with Crippen molar-refractivity contribution in [2.24, 2.45) is 0 Å². The second kappa shape index (κ2) is 6.80. The molecule has 4 nitrogen and oxygen atoms in total. The molecule has 0 amide bonds. The molecule has 4 heteroatoms. The number of unbranched alkanes of at least 4 members (excludes halogenated alkanes) is 2. The third-order valence-corrected chi connectivity index (χ3v) is 2.76. The van der Waals surface area contributed by atoms with E-state index in [9.17, 15) is 4.79 Å². The predicted molar refractivity (Wildman–Crippen MR) is 57.9 cm³/mol.